The highest BCUT2D eigenvalue weighted by Crippen LogP contribution is 2.25. The lowest BCUT2D eigenvalue weighted by Crippen LogP contribution is -2.16. The normalized spacial score (nSPS) is 12.4. The number of nitrogens with two attached hydrogens (primary N) is 1. The number of amides is 1. The summed E-state index contributed by atoms with van der Waals surface area (Å²) in [5, 5.41) is 6.41. The van der Waals surface area contributed by atoms with Crippen LogP contribution in [-0.4, -0.2) is 15.9 Å². The molecule has 0 spiro atoms. The molecule has 0 aromatic carbocycles. The molecule has 0 radical (unpaired) electrons. The van der Waals surface area contributed by atoms with Gasteiger partial charge in [-0.3, -0.25) is 9.78 Å². The molecule has 1 amide bonds. The number of nitrogens with one attached hydrogen (secondary N) is 1. The van der Waals surface area contributed by atoms with Crippen LogP contribution in [0.15, 0.2) is 23.8 Å². The van der Waals surface area contributed by atoms with Crippen molar-refractivity contribution in [3.8, 4) is 0 Å². The van der Waals surface area contributed by atoms with Crippen LogP contribution in [0.2, 0.25) is 0 Å². The molecule has 2 aromatic rings. The summed E-state index contributed by atoms with van der Waals surface area (Å²) in [6.45, 7) is 6.24. The second-order valence-electron chi connectivity index (χ2n) is 4.92. The van der Waals surface area contributed by atoms with Crippen molar-refractivity contribution in [3.63, 3.8) is 0 Å². The Kier molecular flexibility index (Phi) is 4.34. The molecule has 6 heteroatoms. The molecular weight excluding hydrogens is 272 g/mol. The summed E-state index contributed by atoms with van der Waals surface area (Å²) in [4.78, 5) is 19.9. The van der Waals surface area contributed by atoms with Crippen molar-refractivity contribution in [2.24, 2.45) is 5.73 Å². The van der Waals surface area contributed by atoms with Gasteiger partial charge < -0.3 is 11.1 Å². The number of hydrogen-bond donors (Lipinski definition) is 2. The zero-order valence-electron chi connectivity index (χ0n) is 11.8. The first-order valence-corrected chi connectivity index (χ1v) is 7.32. The molecule has 0 saturated heterocycles. The van der Waals surface area contributed by atoms with Crippen LogP contribution in [0.1, 0.15) is 53.8 Å². The van der Waals surface area contributed by atoms with Gasteiger partial charge in [0.2, 0.25) is 0 Å². The topological polar surface area (TPSA) is 80.9 Å². The number of primary amides is 1. The van der Waals surface area contributed by atoms with E-state index in [9.17, 15) is 4.79 Å². The summed E-state index contributed by atoms with van der Waals surface area (Å²) in [7, 11) is 0. The van der Waals surface area contributed by atoms with Crippen LogP contribution in [0.25, 0.3) is 0 Å². The lowest BCUT2D eigenvalue weighted by atomic mass is 10.2. The first-order valence-electron chi connectivity index (χ1n) is 6.44. The second kappa shape index (κ2) is 6.00. The molecule has 0 bridgehead atoms. The van der Waals surface area contributed by atoms with Crippen molar-refractivity contribution in [3.05, 3.63) is 40.1 Å². The van der Waals surface area contributed by atoms with Crippen LogP contribution in [0, 0.1) is 0 Å². The maximum Gasteiger partial charge on any atom is 0.252 e. The summed E-state index contributed by atoms with van der Waals surface area (Å²) in [6, 6.07) is 1.74. The van der Waals surface area contributed by atoms with Crippen molar-refractivity contribution in [1.29, 1.82) is 0 Å². The molecule has 2 rings (SSSR count). The molecule has 0 saturated carbocycles. The molecule has 0 aliphatic carbocycles. The fourth-order valence-corrected chi connectivity index (χ4v) is 2.72. The summed E-state index contributed by atoms with van der Waals surface area (Å²) in [6.07, 6.45) is 3.10. The molecule has 3 N–H and O–H groups in total. The Morgan fingerprint density at radius 2 is 2.15 bits per heavy atom. The minimum atomic E-state index is -0.492. The van der Waals surface area contributed by atoms with E-state index in [0.717, 1.165) is 10.7 Å². The molecule has 5 nitrogen and oxygen atoms in total. The lowest BCUT2D eigenvalue weighted by molar-refractivity contribution is 0.100. The second-order valence-corrected chi connectivity index (χ2v) is 5.81. The van der Waals surface area contributed by atoms with Crippen molar-refractivity contribution < 1.29 is 4.79 Å². The first kappa shape index (κ1) is 14.5. The average molecular weight is 290 g/mol. The number of thiazole rings is 1. The Hall–Kier alpha value is -1.95. The van der Waals surface area contributed by atoms with E-state index in [1.54, 1.807) is 23.6 Å². The van der Waals surface area contributed by atoms with Gasteiger partial charge in [-0.05, 0) is 13.0 Å². The Morgan fingerprint density at radius 3 is 2.75 bits per heavy atom. The van der Waals surface area contributed by atoms with E-state index in [-0.39, 0.29) is 6.04 Å². The van der Waals surface area contributed by atoms with E-state index in [0.29, 0.717) is 17.2 Å². The molecule has 1 atom stereocenters. The number of carbonyl (C=O) groups excluding carboxylic acids is 1. The molecule has 2 aromatic heterocycles. The summed E-state index contributed by atoms with van der Waals surface area (Å²) < 4.78 is 0. The highest BCUT2D eigenvalue weighted by molar-refractivity contribution is 7.09. The fourth-order valence-electron chi connectivity index (χ4n) is 1.79. The molecule has 1 unspecified atom stereocenters. The highest BCUT2D eigenvalue weighted by Gasteiger charge is 2.14. The number of pyridine rings is 1. The Morgan fingerprint density at radius 1 is 1.40 bits per heavy atom. The number of carbonyl (C=O) groups is 1. The van der Waals surface area contributed by atoms with Gasteiger partial charge in [0.15, 0.2) is 0 Å². The third-order valence-electron chi connectivity index (χ3n) is 2.94. The van der Waals surface area contributed by atoms with Crippen LogP contribution in [0.3, 0.4) is 0 Å². The molecular formula is C14H18N4OS. The van der Waals surface area contributed by atoms with Crippen molar-refractivity contribution >= 4 is 22.9 Å². The van der Waals surface area contributed by atoms with Gasteiger partial charge in [-0.2, -0.15) is 0 Å². The molecule has 2 heterocycles. The highest BCUT2D eigenvalue weighted by atomic mass is 32.1. The van der Waals surface area contributed by atoms with Gasteiger partial charge in [0.25, 0.3) is 5.91 Å². The molecule has 0 fully saturated rings. The van der Waals surface area contributed by atoms with Crippen LogP contribution < -0.4 is 11.1 Å². The fraction of sp³-hybridized carbons (Fsp3) is 0.357. The predicted molar refractivity (Wildman–Crippen MR) is 81.0 cm³/mol. The molecule has 20 heavy (non-hydrogen) atoms. The van der Waals surface area contributed by atoms with Crippen LogP contribution >= 0.6 is 11.3 Å². The number of hydrogen-bond acceptors (Lipinski definition) is 5. The van der Waals surface area contributed by atoms with Crippen LogP contribution in [0.5, 0.6) is 0 Å². The van der Waals surface area contributed by atoms with Gasteiger partial charge in [-0.25, -0.2) is 4.98 Å². The zero-order chi connectivity index (χ0) is 14.7. The van der Waals surface area contributed by atoms with Gasteiger partial charge in [-0.1, -0.05) is 13.8 Å². The molecule has 0 aliphatic rings. The van der Waals surface area contributed by atoms with E-state index in [4.69, 9.17) is 5.73 Å². The quantitative estimate of drug-likeness (QED) is 0.887. The maximum absolute atomic E-state index is 11.4. The van der Waals surface area contributed by atoms with E-state index in [1.165, 1.54) is 6.20 Å². The minimum Gasteiger partial charge on any atom is -0.376 e. The van der Waals surface area contributed by atoms with E-state index in [1.807, 2.05) is 12.3 Å². The Balaban J connectivity index is 2.19. The monoisotopic (exact) mass is 290 g/mol. The summed E-state index contributed by atoms with van der Waals surface area (Å²) >= 11 is 1.65. The van der Waals surface area contributed by atoms with E-state index in [2.05, 4.69) is 29.1 Å². The Labute approximate surface area is 122 Å². The van der Waals surface area contributed by atoms with Crippen molar-refractivity contribution in [2.45, 2.75) is 32.7 Å². The van der Waals surface area contributed by atoms with Crippen molar-refractivity contribution in [1.82, 2.24) is 9.97 Å². The van der Waals surface area contributed by atoms with Gasteiger partial charge in [0, 0.05) is 23.7 Å². The summed E-state index contributed by atoms with van der Waals surface area (Å²) in [5.41, 5.74) is 7.37. The largest absolute Gasteiger partial charge is 0.376 e. The third-order valence-corrected chi connectivity index (χ3v) is 4.10. The van der Waals surface area contributed by atoms with Crippen LogP contribution in [-0.2, 0) is 0 Å². The lowest BCUT2D eigenvalue weighted by Gasteiger charge is -2.15. The minimum absolute atomic E-state index is 0.000694. The van der Waals surface area contributed by atoms with E-state index >= 15 is 0 Å². The van der Waals surface area contributed by atoms with Gasteiger partial charge >= 0.3 is 0 Å². The molecule has 0 aliphatic heterocycles. The molecule has 106 valence electrons. The van der Waals surface area contributed by atoms with Gasteiger partial charge in [-0.15, -0.1) is 11.3 Å². The maximum atomic E-state index is 11.4. The standard InChI is InChI=1S/C14H18N4OS/c1-8(2)14-18-12(7-20-14)9(3)17-11-4-5-16-6-10(11)13(15)19/h4-9H,1-3H3,(H2,15,19)(H,16,17). The average Bonchev–Trinajstić information content (AvgIpc) is 2.89. The third kappa shape index (κ3) is 3.14. The zero-order valence-corrected chi connectivity index (χ0v) is 12.6. The number of anilines is 1. The first-order chi connectivity index (χ1) is 9.49. The van der Waals surface area contributed by atoms with Crippen LogP contribution in [0.4, 0.5) is 5.69 Å². The Bertz CT molecular complexity index is 609. The SMILES string of the molecule is CC(C)c1nc(C(C)Nc2ccncc2C(N)=O)cs1. The number of nitrogens with zero attached hydrogens (tertiary/aromatic N) is 2. The van der Waals surface area contributed by atoms with Gasteiger partial charge in [0.1, 0.15) is 0 Å². The number of rotatable bonds is 5. The number of aromatic nitrogens is 2. The van der Waals surface area contributed by atoms with Crippen molar-refractivity contribution in [2.75, 3.05) is 5.32 Å². The van der Waals surface area contributed by atoms with E-state index < -0.39 is 5.91 Å². The summed E-state index contributed by atoms with van der Waals surface area (Å²) in [5.74, 6) is -0.0722. The smallest absolute Gasteiger partial charge is 0.252 e. The van der Waals surface area contributed by atoms with Gasteiger partial charge in [0.05, 0.1) is 28.0 Å². The predicted octanol–water partition coefficient (Wildman–Crippen LogP) is 2.93.